The zero-order valence-corrected chi connectivity index (χ0v) is 16.9. The largest absolute Gasteiger partial charge is 0.487 e. The number of hydrogen-bond acceptors (Lipinski definition) is 3. The first kappa shape index (κ1) is 18.8. The molecule has 1 unspecified atom stereocenters. The summed E-state index contributed by atoms with van der Waals surface area (Å²) in [7, 11) is 0. The van der Waals surface area contributed by atoms with E-state index in [0.29, 0.717) is 6.54 Å². The van der Waals surface area contributed by atoms with Gasteiger partial charge in [0.15, 0.2) is 5.96 Å². The minimum atomic E-state index is -0.0166. The molecule has 6 heteroatoms. The molecule has 1 aliphatic carbocycles. The van der Waals surface area contributed by atoms with Gasteiger partial charge in [-0.25, -0.2) is 4.98 Å². The van der Waals surface area contributed by atoms with Crippen molar-refractivity contribution in [3.63, 3.8) is 0 Å². The summed E-state index contributed by atoms with van der Waals surface area (Å²) in [5.74, 6) is 2.92. The van der Waals surface area contributed by atoms with E-state index < -0.39 is 0 Å². The highest BCUT2D eigenvalue weighted by molar-refractivity contribution is 5.80. The predicted molar refractivity (Wildman–Crippen MR) is 112 cm³/mol. The van der Waals surface area contributed by atoms with Crippen molar-refractivity contribution in [2.24, 2.45) is 4.99 Å². The maximum atomic E-state index is 6.48. The number of nitrogens with one attached hydrogen (secondary N) is 2. The predicted octanol–water partition coefficient (Wildman–Crippen LogP) is 3.58. The van der Waals surface area contributed by atoms with Gasteiger partial charge < -0.3 is 19.9 Å². The number of guanidine groups is 1. The average Bonchev–Trinajstić information content (AvgIpc) is 3.31. The van der Waals surface area contributed by atoms with E-state index in [1.54, 1.807) is 0 Å². The first-order chi connectivity index (χ1) is 13.7. The molecule has 1 spiro atoms. The highest BCUT2D eigenvalue weighted by atomic mass is 16.5. The first-order valence-corrected chi connectivity index (χ1v) is 10.5. The minimum absolute atomic E-state index is 0.0166. The number of imidazole rings is 1. The Labute approximate surface area is 167 Å². The number of nitrogens with zero attached hydrogens (tertiary/aromatic N) is 3. The number of fused-ring (bicyclic) bond motifs is 1. The molecule has 6 nitrogen and oxygen atoms in total. The molecule has 0 radical (unpaired) electrons. The lowest BCUT2D eigenvalue weighted by atomic mass is 9.86. The molecule has 4 rings (SSSR count). The van der Waals surface area contributed by atoms with Gasteiger partial charge in [0.2, 0.25) is 0 Å². The summed E-state index contributed by atoms with van der Waals surface area (Å²) < 4.78 is 8.61. The lowest BCUT2D eigenvalue weighted by Crippen LogP contribution is -2.46. The summed E-state index contributed by atoms with van der Waals surface area (Å²) in [6, 6.07) is 8.66. The molecule has 0 saturated heterocycles. The van der Waals surface area contributed by atoms with Gasteiger partial charge in [0, 0.05) is 37.5 Å². The van der Waals surface area contributed by atoms with Crippen LogP contribution in [0.15, 0.2) is 41.7 Å². The number of para-hydroxylation sites is 1. The van der Waals surface area contributed by atoms with Crippen LogP contribution in [-0.2, 0) is 6.54 Å². The van der Waals surface area contributed by atoms with Gasteiger partial charge in [0.05, 0.1) is 12.6 Å². The smallest absolute Gasteiger partial charge is 0.191 e. The molecule has 1 aliphatic heterocycles. The molecule has 28 heavy (non-hydrogen) atoms. The van der Waals surface area contributed by atoms with E-state index in [4.69, 9.17) is 9.73 Å². The van der Waals surface area contributed by atoms with Crippen LogP contribution in [0.1, 0.15) is 56.5 Å². The summed E-state index contributed by atoms with van der Waals surface area (Å²) in [5, 5.41) is 7.10. The van der Waals surface area contributed by atoms with Crippen LogP contribution in [0.2, 0.25) is 0 Å². The summed E-state index contributed by atoms with van der Waals surface area (Å²) in [5.41, 5.74) is 1.22. The topological polar surface area (TPSA) is 63.5 Å². The Kier molecular flexibility index (Phi) is 5.55. The molecule has 1 saturated carbocycles. The van der Waals surface area contributed by atoms with E-state index in [2.05, 4.69) is 51.4 Å². The van der Waals surface area contributed by atoms with Crippen LogP contribution < -0.4 is 15.4 Å². The number of aromatic nitrogens is 2. The molecule has 0 bridgehead atoms. The van der Waals surface area contributed by atoms with Gasteiger partial charge in [-0.1, -0.05) is 18.2 Å². The van der Waals surface area contributed by atoms with Crippen molar-refractivity contribution in [3.8, 4) is 5.75 Å². The van der Waals surface area contributed by atoms with Gasteiger partial charge >= 0.3 is 0 Å². The average molecular weight is 382 g/mol. The highest BCUT2D eigenvalue weighted by Gasteiger charge is 2.43. The summed E-state index contributed by atoms with van der Waals surface area (Å²) in [4.78, 5) is 9.10. The molecule has 1 fully saturated rings. The summed E-state index contributed by atoms with van der Waals surface area (Å²) in [6.45, 7) is 6.51. The molecule has 1 aromatic heterocycles. The lowest BCUT2D eigenvalue weighted by molar-refractivity contribution is 0.0396. The second-order valence-electron chi connectivity index (χ2n) is 7.86. The van der Waals surface area contributed by atoms with Crippen molar-refractivity contribution in [3.05, 3.63) is 48.0 Å². The van der Waals surface area contributed by atoms with Crippen LogP contribution in [0, 0.1) is 6.92 Å². The van der Waals surface area contributed by atoms with E-state index in [-0.39, 0.29) is 11.6 Å². The number of ether oxygens (including phenoxy) is 1. The fourth-order valence-corrected chi connectivity index (χ4v) is 4.47. The van der Waals surface area contributed by atoms with Crippen LogP contribution in [0.4, 0.5) is 0 Å². The van der Waals surface area contributed by atoms with Gasteiger partial charge in [-0.15, -0.1) is 0 Å². The number of aryl methyl sites for hydroxylation is 1. The quantitative estimate of drug-likeness (QED) is 0.614. The van der Waals surface area contributed by atoms with E-state index >= 15 is 0 Å². The van der Waals surface area contributed by atoms with Crippen molar-refractivity contribution in [1.82, 2.24) is 20.2 Å². The Morgan fingerprint density at radius 3 is 2.89 bits per heavy atom. The second kappa shape index (κ2) is 8.25. The number of hydrogen-bond donors (Lipinski definition) is 2. The highest BCUT2D eigenvalue weighted by Crippen LogP contribution is 2.46. The first-order valence-electron chi connectivity index (χ1n) is 10.5. The monoisotopic (exact) mass is 381 g/mol. The molecule has 0 amide bonds. The van der Waals surface area contributed by atoms with Crippen molar-refractivity contribution < 1.29 is 4.74 Å². The number of benzene rings is 1. The molecule has 150 valence electrons. The van der Waals surface area contributed by atoms with Gasteiger partial charge in [-0.2, -0.15) is 0 Å². The zero-order valence-electron chi connectivity index (χ0n) is 16.9. The third kappa shape index (κ3) is 4.01. The molecular weight excluding hydrogens is 350 g/mol. The van der Waals surface area contributed by atoms with Gasteiger partial charge in [0.1, 0.15) is 17.2 Å². The van der Waals surface area contributed by atoms with E-state index in [9.17, 15) is 0 Å². The van der Waals surface area contributed by atoms with E-state index in [1.165, 1.54) is 18.4 Å². The van der Waals surface area contributed by atoms with Crippen LogP contribution in [-0.4, -0.2) is 34.2 Å². The van der Waals surface area contributed by atoms with Crippen molar-refractivity contribution in [2.45, 2.75) is 64.1 Å². The Hall–Kier alpha value is -2.50. The molecule has 1 aromatic carbocycles. The Morgan fingerprint density at radius 1 is 1.32 bits per heavy atom. The van der Waals surface area contributed by atoms with Gasteiger partial charge in [0.25, 0.3) is 0 Å². The fourth-order valence-electron chi connectivity index (χ4n) is 4.47. The number of aliphatic imine (C=N–C) groups is 1. The molecular formula is C22H31N5O. The molecule has 2 aliphatic rings. The zero-order chi connectivity index (χ0) is 19.4. The van der Waals surface area contributed by atoms with Crippen LogP contribution in [0.5, 0.6) is 5.75 Å². The molecule has 2 heterocycles. The van der Waals surface area contributed by atoms with Crippen LogP contribution >= 0.6 is 0 Å². The maximum absolute atomic E-state index is 6.48. The third-order valence-corrected chi connectivity index (χ3v) is 5.90. The maximum Gasteiger partial charge on any atom is 0.191 e. The third-order valence-electron chi connectivity index (χ3n) is 5.90. The van der Waals surface area contributed by atoms with Crippen LogP contribution in [0.3, 0.4) is 0 Å². The van der Waals surface area contributed by atoms with Crippen LogP contribution in [0.25, 0.3) is 0 Å². The van der Waals surface area contributed by atoms with E-state index in [0.717, 1.165) is 49.9 Å². The number of rotatable bonds is 5. The Bertz CT molecular complexity index is 822. The normalized spacial score (nSPS) is 20.6. The SMILES string of the molecule is CCNC(=NCCn1ccnc1C)NC1CC2(CCCC2)Oc2ccccc21. The Balaban J connectivity index is 1.50. The van der Waals surface area contributed by atoms with Crippen molar-refractivity contribution in [2.75, 3.05) is 13.1 Å². The fraction of sp³-hybridized carbons (Fsp3) is 0.545. The second-order valence-corrected chi connectivity index (χ2v) is 7.86. The standard InChI is InChI=1S/C22H31N5O/c1-3-23-21(25-13-15-27-14-12-24-17(27)2)26-19-16-22(10-6-7-11-22)28-20-9-5-4-8-18(19)20/h4-5,8-9,12,14,19H,3,6-7,10-11,13,15-16H2,1-2H3,(H2,23,25,26). The van der Waals surface area contributed by atoms with Gasteiger partial charge in [-0.05, 0) is 45.6 Å². The molecule has 2 aromatic rings. The minimum Gasteiger partial charge on any atom is -0.487 e. The van der Waals surface area contributed by atoms with Crippen molar-refractivity contribution in [1.29, 1.82) is 0 Å². The van der Waals surface area contributed by atoms with Crippen molar-refractivity contribution >= 4 is 5.96 Å². The van der Waals surface area contributed by atoms with Gasteiger partial charge in [-0.3, -0.25) is 4.99 Å². The Morgan fingerprint density at radius 2 is 2.14 bits per heavy atom. The summed E-state index contributed by atoms with van der Waals surface area (Å²) in [6.07, 6.45) is 9.64. The molecule has 1 atom stereocenters. The molecule has 2 N–H and O–H groups in total. The lowest BCUT2D eigenvalue weighted by Gasteiger charge is -2.40. The van der Waals surface area contributed by atoms with E-state index in [1.807, 2.05) is 19.3 Å². The summed E-state index contributed by atoms with van der Waals surface area (Å²) >= 11 is 0.